The molecule has 1 aromatic heterocycles. The van der Waals surface area contributed by atoms with Crippen molar-refractivity contribution >= 4 is 21.6 Å². The lowest BCUT2D eigenvalue weighted by Gasteiger charge is -2.33. The summed E-state index contributed by atoms with van der Waals surface area (Å²) in [6, 6.07) is 0.156. The van der Waals surface area contributed by atoms with Gasteiger partial charge in [0.1, 0.15) is 5.69 Å². The first-order valence-corrected chi connectivity index (χ1v) is 8.20. The lowest BCUT2D eigenvalue weighted by molar-refractivity contribution is 0.261. The Morgan fingerprint density at radius 1 is 1.35 bits per heavy atom. The van der Waals surface area contributed by atoms with Gasteiger partial charge < -0.3 is 10.6 Å². The van der Waals surface area contributed by atoms with Gasteiger partial charge in [-0.1, -0.05) is 6.42 Å². The van der Waals surface area contributed by atoms with Crippen LogP contribution in [-0.2, 0) is 6.54 Å². The number of rotatable bonds is 3. The standard InChI is InChI=1S/C14H21BrN4O/c15-12-7-17-19(8-10-3-1-4-10)14(20)13(12)18-6-2-5-11(16)9-18/h7,10-11H,1-6,8-9,16H2. The fourth-order valence-corrected chi connectivity index (χ4v) is 3.52. The Labute approximate surface area is 127 Å². The van der Waals surface area contributed by atoms with E-state index in [9.17, 15) is 4.79 Å². The minimum Gasteiger partial charge on any atom is -0.365 e. The molecule has 3 rings (SSSR count). The lowest BCUT2D eigenvalue weighted by Crippen LogP contribution is -2.46. The number of halogens is 1. The lowest BCUT2D eigenvalue weighted by atomic mass is 9.85. The number of nitrogens with two attached hydrogens (primary N) is 1. The second-order valence-corrected chi connectivity index (χ2v) is 6.83. The summed E-state index contributed by atoms with van der Waals surface area (Å²) in [5, 5.41) is 4.27. The molecule has 1 aliphatic heterocycles. The molecule has 1 saturated carbocycles. The van der Waals surface area contributed by atoms with Crippen molar-refractivity contribution in [2.45, 2.75) is 44.7 Å². The SMILES string of the molecule is NC1CCCN(c2c(Br)cnn(CC3CCC3)c2=O)C1. The van der Waals surface area contributed by atoms with Gasteiger partial charge in [-0.25, -0.2) is 4.68 Å². The van der Waals surface area contributed by atoms with Gasteiger partial charge in [-0.15, -0.1) is 0 Å². The van der Waals surface area contributed by atoms with E-state index in [1.807, 2.05) is 0 Å². The maximum absolute atomic E-state index is 12.7. The predicted octanol–water partition coefficient (Wildman–Crippen LogP) is 1.73. The van der Waals surface area contributed by atoms with Crippen LogP contribution in [0.4, 0.5) is 5.69 Å². The highest BCUT2D eigenvalue weighted by Gasteiger charge is 2.24. The minimum atomic E-state index is 0.0142. The number of anilines is 1. The van der Waals surface area contributed by atoms with Gasteiger partial charge in [-0.2, -0.15) is 5.10 Å². The highest BCUT2D eigenvalue weighted by Crippen LogP contribution is 2.28. The van der Waals surface area contributed by atoms with Gasteiger partial charge in [0.2, 0.25) is 0 Å². The second kappa shape index (κ2) is 5.85. The van der Waals surface area contributed by atoms with Crippen LogP contribution in [0.15, 0.2) is 15.5 Å². The van der Waals surface area contributed by atoms with Crippen LogP contribution in [0, 0.1) is 5.92 Å². The molecule has 2 aliphatic rings. The van der Waals surface area contributed by atoms with Crippen LogP contribution in [0.2, 0.25) is 0 Å². The third-order valence-corrected chi connectivity index (χ3v) is 4.98. The van der Waals surface area contributed by atoms with E-state index in [1.165, 1.54) is 19.3 Å². The molecule has 1 unspecified atom stereocenters. The highest BCUT2D eigenvalue weighted by molar-refractivity contribution is 9.10. The van der Waals surface area contributed by atoms with Gasteiger partial charge in [-0.05, 0) is 47.5 Å². The van der Waals surface area contributed by atoms with E-state index in [2.05, 4.69) is 25.9 Å². The van der Waals surface area contributed by atoms with Gasteiger partial charge in [-0.3, -0.25) is 4.79 Å². The van der Waals surface area contributed by atoms with E-state index in [0.717, 1.165) is 42.6 Å². The van der Waals surface area contributed by atoms with E-state index in [1.54, 1.807) is 10.9 Å². The molecule has 20 heavy (non-hydrogen) atoms. The van der Waals surface area contributed by atoms with E-state index >= 15 is 0 Å². The summed E-state index contributed by atoms with van der Waals surface area (Å²) in [5.74, 6) is 0.623. The molecule has 0 aromatic carbocycles. The van der Waals surface area contributed by atoms with Gasteiger partial charge in [0.05, 0.1) is 10.7 Å². The quantitative estimate of drug-likeness (QED) is 0.910. The van der Waals surface area contributed by atoms with Crippen LogP contribution in [0.5, 0.6) is 0 Å². The molecule has 1 atom stereocenters. The Morgan fingerprint density at radius 2 is 2.15 bits per heavy atom. The minimum absolute atomic E-state index is 0.0142. The van der Waals surface area contributed by atoms with Crippen molar-refractivity contribution in [3.05, 3.63) is 21.0 Å². The fourth-order valence-electron chi connectivity index (χ4n) is 3.01. The number of hydrogen-bond acceptors (Lipinski definition) is 4. The number of nitrogens with zero attached hydrogens (tertiary/aromatic N) is 3. The van der Waals surface area contributed by atoms with E-state index in [4.69, 9.17) is 5.73 Å². The summed E-state index contributed by atoms with van der Waals surface area (Å²) in [7, 11) is 0. The Bertz CT molecular complexity index is 540. The zero-order valence-electron chi connectivity index (χ0n) is 11.6. The number of piperidine rings is 1. The van der Waals surface area contributed by atoms with E-state index in [-0.39, 0.29) is 11.6 Å². The average molecular weight is 341 g/mol. The molecule has 0 bridgehead atoms. The summed E-state index contributed by atoms with van der Waals surface area (Å²) < 4.78 is 2.41. The first kappa shape index (κ1) is 14.1. The zero-order chi connectivity index (χ0) is 14.1. The maximum atomic E-state index is 12.7. The van der Waals surface area contributed by atoms with Crippen LogP contribution in [0.3, 0.4) is 0 Å². The molecule has 2 N–H and O–H groups in total. The van der Waals surface area contributed by atoms with Crippen molar-refractivity contribution in [2.75, 3.05) is 18.0 Å². The smallest absolute Gasteiger partial charge is 0.291 e. The van der Waals surface area contributed by atoms with Crippen LogP contribution in [-0.4, -0.2) is 28.9 Å². The van der Waals surface area contributed by atoms with Crippen LogP contribution in [0.1, 0.15) is 32.1 Å². The Hall–Kier alpha value is -0.880. The van der Waals surface area contributed by atoms with Crippen molar-refractivity contribution in [1.82, 2.24) is 9.78 Å². The van der Waals surface area contributed by atoms with Gasteiger partial charge in [0.15, 0.2) is 0 Å². The number of aromatic nitrogens is 2. The van der Waals surface area contributed by atoms with Crippen molar-refractivity contribution < 1.29 is 0 Å². The monoisotopic (exact) mass is 340 g/mol. The molecule has 5 nitrogen and oxygen atoms in total. The summed E-state index contributed by atoms with van der Waals surface area (Å²) in [5.41, 5.74) is 6.78. The topological polar surface area (TPSA) is 64.2 Å². The van der Waals surface area contributed by atoms with Gasteiger partial charge >= 0.3 is 0 Å². The maximum Gasteiger partial charge on any atom is 0.291 e. The Morgan fingerprint density at radius 3 is 2.80 bits per heavy atom. The zero-order valence-corrected chi connectivity index (χ0v) is 13.2. The predicted molar refractivity (Wildman–Crippen MR) is 83.0 cm³/mol. The largest absolute Gasteiger partial charge is 0.365 e. The van der Waals surface area contributed by atoms with Crippen molar-refractivity contribution in [3.8, 4) is 0 Å². The molecule has 0 spiro atoms. The third-order valence-electron chi connectivity index (χ3n) is 4.40. The Balaban J connectivity index is 1.88. The van der Waals surface area contributed by atoms with Gasteiger partial charge in [0.25, 0.3) is 5.56 Å². The molecular formula is C14H21BrN4O. The molecule has 2 heterocycles. The molecule has 1 aliphatic carbocycles. The molecule has 2 fully saturated rings. The summed E-state index contributed by atoms with van der Waals surface area (Å²) >= 11 is 3.48. The molecule has 1 aromatic rings. The molecule has 0 amide bonds. The highest BCUT2D eigenvalue weighted by atomic mass is 79.9. The molecule has 6 heteroatoms. The summed E-state index contributed by atoms with van der Waals surface area (Å²) in [4.78, 5) is 14.8. The van der Waals surface area contributed by atoms with Crippen LogP contribution >= 0.6 is 15.9 Å². The number of hydrogen-bond donors (Lipinski definition) is 1. The normalized spacial score (nSPS) is 23.7. The summed E-state index contributed by atoms with van der Waals surface area (Å²) in [6.45, 7) is 2.40. The molecule has 110 valence electrons. The van der Waals surface area contributed by atoms with Crippen molar-refractivity contribution in [1.29, 1.82) is 0 Å². The molecule has 1 saturated heterocycles. The van der Waals surface area contributed by atoms with E-state index < -0.39 is 0 Å². The van der Waals surface area contributed by atoms with Crippen molar-refractivity contribution in [2.24, 2.45) is 11.7 Å². The Kier molecular flexibility index (Phi) is 4.12. The van der Waals surface area contributed by atoms with Crippen molar-refractivity contribution in [3.63, 3.8) is 0 Å². The molecule has 0 radical (unpaired) electrons. The summed E-state index contributed by atoms with van der Waals surface area (Å²) in [6.07, 6.45) is 7.54. The fraction of sp³-hybridized carbons (Fsp3) is 0.714. The third kappa shape index (κ3) is 2.76. The van der Waals surface area contributed by atoms with E-state index in [0.29, 0.717) is 5.92 Å². The average Bonchev–Trinajstić information content (AvgIpc) is 2.36. The van der Waals surface area contributed by atoms with Crippen LogP contribution < -0.4 is 16.2 Å². The first-order chi connectivity index (χ1) is 9.65. The first-order valence-electron chi connectivity index (χ1n) is 7.41. The van der Waals surface area contributed by atoms with Gasteiger partial charge in [0, 0.05) is 25.7 Å². The van der Waals surface area contributed by atoms with Crippen LogP contribution in [0.25, 0.3) is 0 Å². The second-order valence-electron chi connectivity index (χ2n) is 5.97. The molecular weight excluding hydrogens is 320 g/mol.